The predicted octanol–water partition coefficient (Wildman–Crippen LogP) is 2.55. The van der Waals surface area contributed by atoms with E-state index >= 15 is 0 Å². The van der Waals surface area contributed by atoms with Crippen molar-refractivity contribution in [1.82, 2.24) is 10.2 Å². The van der Waals surface area contributed by atoms with E-state index in [0.29, 0.717) is 24.0 Å². The van der Waals surface area contributed by atoms with Gasteiger partial charge in [-0.25, -0.2) is 4.99 Å². The lowest BCUT2D eigenvalue weighted by molar-refractivity contribution is 0.261. The van der Waals surface area contributed by atoms with Crippen LogP contribution in [0.3, 0.4) is 0 Å². The fourth-order valence-electron chi connectivity index (χ4n) is 3.84. The molecule has 1 aliphatic heterocycles. The zero-order valence-corrected chi connectivity index (χ0v) is 19.1. The zero-order chi connectivity index (χ0) is 22.2. The van der Waals surface area contributed by atoms with E-state index in [9.17, 15) is 0 Å². The van der Waals surface area contributed by atoms with Gasteiger partial charge in [-0.2, -0.15) is 0 Å². The number of hydrogen-bond acceptors (Lipinski definition) is 5. The molecule has 0 aliphatic carbocycles. The Labute approximate surface area is 185 Å². The van der Waals surface area contributed by atoms with Crippen molar-refractivity contribution in [1.29, 1.82) is 0 Å². The van der Waals surface area contributed by atoms with Gasteiger partial charge in [0.25, 0.3) is 0 Å². The maximum Gasteiger partial charge on any atom is 0.188 e. The normalized spacial score (nSPS) is 15.1. The van der Waals surface area contributed by atoms with Crippen LogP contribution in [0.2, 0.25) is 0 Å². The Balaban J connectivity index is 1.41. The second kappa shape index (κ2) is 10.9. The Hall–Kier alpha value is -2.93. The van der Waals surface area contributed by atoms with Crippen molar-refractivity contribution in [2.24, 2.45) is 10.7 Å². The van der Waals surface area contributed by atoms with Crippen molar-refractivity contribution < 1.29 is 9.47 Å². The molecule has 3 rings (SSSR count). The van der Waals surface area contributed by atoms with E-state index in [-0.39, 0.29) is 0 Å². The smallest absolute Gasteiger partial charge is 0.188 e. The van der Waals surface area contributed by atoms with Crippen LogP contribution in [-0.2, 0) is 6.54 Å². The average molecular weight is 426 g/mol. The number of nitrogens with zero attached hydrogens (tertiary/aromatic N) is 3. The molecule has 2 aromatic rings. The van der Waals surface area contributed by atoms with E-state index in [2.05, 4.69) is 52.2 Å². The minimum absolute atomic E-state index is 0.462. The molecule has 0 saturated carbocycles. The molecule has 3 N–H and O–H groups in total. The number of ether oxygens (including phenoxy) is 2. The first-order valence-corrected chi connectivity index (χ1v) is 10.8. The van der Waals surface area contributed by atoms with Crippen molar-refractivity contribution in [3.63, 3.8) is 0 Å². The molecule has 1 heterocycles. The number of rotatable bonds is 8. The molecule has 168 valence electrons. The van der Waals surface area contributed by atoms with E-state index < -0.39 is 0 Å². The van der Waals surface area contributed by atoms with E-state index in [4.69, 9.17) is 15.2 Å². The summed E-state index contributed by atoms with van der Waals surface area (Å²) in [5.41, 5.74) is 11.2. The third kappa shape index (κ3) is 6.04. The standard InChI is InChI=1S/C24H35N5O2/c1-18-6-5-7-21(19(18)2)29-14-12-28(13-15-29)11-10-26-24(25)27-17-20-8-9-22(30-3)23(16-20)31-4/h5-9,16H,10-15,17H2,1-4H3,(H3,25,26,27). The Morgan fingerprint density at radius 3 is 2.48 bits per heavy atom. The number of nitrogens with one attached hydrogen (secondary N) is 1. The Kier molecular flexibility index (Phi) is 8.00. The predicted molar refractivity (Wildman–Crippen MR) is 127 cm³/mol. The van der Waals surface area contributed by atoms with E-state index in [1.165, 1.54) is 16.8 Å². The lowest BCUT2D eigenvalue weighted by Gasteiger charge is -2.37. The highest BCUT2D eigenvalue weighted by molar-refractivity contribution is 5.77. The first-order chi connectivity index (χ1) is 15.0. The van der Waals surface area contributed by atoms with Crippen LogP contribution in [0.5, 0.6) is 11.5 Å². The van der Waals surface area contributed by atoms with Crippen LogP contribution in [0.15, 0.2) is 41.4 Å². The molecule has 0 spiro atoms. The molecule has 0 radical (unpaired) electrons. The molecule has 0 atom stereocenters. The fraction of sp³-hybridized carbons (Fsp3) is 0.458. The number of benzene rings is 2. The highest BCUT2D eigenvalue weighted by Crippen LogP contribution is 2.27. The summed E-state index contributed by atoms with van der Waals surface area (Å²) >= 11 is 0. The summed E-state index contributed by atoms with van der Waals surface area (Å²) in [7, 11) is 3.25. The van der Waals surface area contributed by atoms with Crippen LogP contribution in [0, 0.1) is 13.8 Å². The molecule has 0 aromatic heterocycles. The summed E-state index contributed by atoms with van der Waals surface area (Å²) < 4.78 is 10.6. The third-order valence-electron chi connectivity index (χ3n) is 5.90. The number of anilines is 1. The quantitative estimate of drug-likeness (QED) is 0.500. The lowest BCUT2D eigenvalue weighted by Crippen LogP contribution is -2.49. The van der Waals surface area contributed by atoms with E-state index in [1.807, 2.05) is 18.2 Å². The molecule has 1 aliphatic rings. The first-order valence-electron chi connectivity index (χ1n) is 10.8. The van der Waals surface area contributed by atoms with Gasteiger partial charge >= 0.3 is 0 Å². The van der Waals surface area contributed by atoms with Crippen LogP contribution in [0.25, 0.3) is 0 Å². The summed E-state index contributed by atoms with van der Waals surface area (Å²) in [6.07, 6.45) is 0. The molecule has 1 fully saturated rings. The fourth-order valence-corrected chi connectivity index (χ4v) is 3.84. The number of guanidine groups is 1. The summed E-state index contributed by atoms with van der Waals surface area (Å²) in [5.74, 6) is 1.87. The van der Waals surface area contributed by atoms with E-state index in [0.717, 1.165) is 44.8 Å². The highest BCUT2D eigenvalue weighted by atomic mass is 16.5. The van der Waals surface area contributed by atoms with Gasteiger partial charge in [-0.05, 0) is 48.7 Å². The molecule has 0 unspecified atom stereocenters. The Morgan fingerprint density at radius 2 is 1.77 bits per heavy atom. The van der Waals surface area contributed by atoms with Crippen LogP contribution >= 0.6 is 0 Å². The molecule has 1 saturated heterocycles. The maximum atomic E-state index is 6.05. The highest BCUT2D eigenvalue weighted by Gasteiger charge is 2.18. The van der Waals surface area contributed by atoms with Gasteiger partial charge in [0.15, 0.2) is 17.5 Å². The summed E-state index contributed by atoms with van der Waals surface area (Å²) in [4.78, 5) is 9.40. The minimum Gasteiger partial charge on any atom is -0.493 e. The molecule has 31 heavy (non-hydrogen) atoms. The number of nitrogens with two attached hydrogens (primary N) is 1. The second-order valence-electron chi connectivity index (χ2n) is 7.87. The molecular formula is C24H35N5O2. The van der Waals surface area contributed by atoms with Crippen LogP contribution in [-0.4, -0.2) is 64.3 Å². The van der Waals surface area contributed by atoms with Crippen molar-refractivity contribution >= 4 is 11.6 Å². The summed E-state index contributed by atoms with van der Waals surface area (Å²) in [5, 5.41) is 3.23. The van der Waals surface area contributed by atoms with Crippen molar-refractivity contribution in [2.45, 2.75) is 20.4 Å². The molecule has 2 aromatic carbocycles. The molecular weight excluding hydrogens is 390 g/mol. The van der Waals surface area contributed by atoms with Gasteiger partial charge in [-0.3, -0.25) is 4.90 Å². The van der Waals surface area contributed by atoms with Crippen molar-refractivity contribution in [2.75, 3.05) is 58.4 Å². The number of methoxy groups -OCH3 is 2. The second-order valence-corrected chi connectivity index (χ2v) is 7.87. The monoisotopic (exact) mass is 425 g/mol. The van der Waals surface area contributed by atoms with E-state index in [1.54, 1.807) is 14.2 Å². The number of piperazine rings is 1. The van der Waals surface area contributed by atoms with Crippen LogP contribution in [0.4, 0.5) is 5.69 Å². The van der Waals surface area contributed by atoms with Crippen LogP contribution in [0.1, 0.15) is 16.7 Å². The Bertz CT molecular complexity index is 892. The minimum atomic E-state index is 0.462. The largest absolute Gasteiger partial charge is 0.493 e. The van der Waals surface area contributed by atoms with Gasteiger partial charge < -0.3 is 25.4 Å². The first kappa shape index (κ1) is 22.7. The average Bonchev–Trinajstić information content (AvgIpc) is 2.80. The van der Waals surface area contributed by atoms with Crippen molar-refractivity contribution in [3.05, 3.63) is 53.1 Å². The lowest BCUT2D eigenvalue weighted by atomic mass is 10.1. The summed E-state index contributed by atoms with van der Waals surface area (Å²) in [6, 6.07) is 12.3. The molecule has 7 heteroatoms. The zero-order valence-electron chi connectivity index (χ0n) is 19.1. The van der Waals surface area contributed by atoms with Gasteiger partial charge in [-0.1, -0.05) is 18.2 Å². The number of aliphatic imine (C=N–C) groups is 1. The number of hydrogen-bond donors (Lipinski definition) is 2. The van der Waals surface area contributed by atoms with Gasteiger partial charge in [0.2, 0.25) is 0 Å². The SMILES string of the molecule is COc1ccc(CN=C(N)NCCN2CCN(c3cccc(C)c3C)CC2)cc1OC. The van der Waals surface area contributed by atoms with Gasteiger partial charge in [0, 0.05) is 45.0 Å². The molecule has 0 amide bonds. The third-order valence-corrected chi connectivity index (χ3v) is 5.90. The Morgan fingerprint density at radius 1 is 1.03 bits per heavy atom. The van der Waals surface area contributed by atoms with Gasteiger partial charge in [-0.15, -0.1) is 0 Å². The van der Waals surface area contributed by atoms with Gasteiger partial charge in [0.05, 0.1) is 20.8 Å². The van der Waals surface area contributed by atoms with Crippen molar-refractivity contribution in [3.8, 4) is 11.5 Å². The summed E-state index contributed by atoms with van der Waals surface area (Å²) in [6.45, 7) is 10.8. The van der Waals surface area contributed by atoms with Crippen LogP contribution < -0.4 is 25.4 Å². The van der Waals surface area contributed by atoms with Gasteiger partial charge in [0.1, 0.15) is 0 Å². The topological polar surface area (TPSA) is 75.4 Å². The molecule has 7 nitrogen and oxygen atoms in total. The maximum absolute atomic E-state index is 6.05. The molecule has 0 bridgehead atoms. The number of aryl methyl sites for hydroxylation is 1.